The first kappa shape index (κ1) is 32.3. The lowest BCUT2D eigenvalue weighted by Crippen LogP contribution is -2.44. The number of sulfonamides is 1. The summed E-state index contributed by atoms with van der Waals surface area (Å²) in [4.78, 5) is 12.0. The molecule has 0 saturated carbocycles. The molecule has 1 aliphatic heterocycles. The van der Waals surface area contributed by atoms with E-state index in [1.165, 1.54) is 32.0 Å². The minimum absolute atomic E-state index is 0.0180. The molecule has 0 bridgehead atoms. The third-order valence-electron chi connectivity index (χ3n) is 6.74. The second kappa shape index (κ2) is 11.4. The van der Waals surface area contributed by atoms with Gasteiger partial charge in [0.2, 0.25) is 5.60 Å². The zero-order valence-electron chi connectivity index (χ0n) is 23.4. The van der Waals surface area contributed by atoms with E-state index in [4.69, 9.17) is 9.26 Å². The van der Waals surface area contributed by atoms with Gasteiger partial charge >= 0.3 is 12.1 Å². The lowest BCUT2D eigenvalue weighted by atomic mass is 10.1. The van der Waals surface area contributed by atoms with Gasteiger partial charge in [-0.2, -0.15) is 13.2 Å². The van der Waals surface area contributed by atoms with Gasteiger partial charge in [-0.15, -0.1) is 0 Å². The minimum atomic E-state index is -4.82. The van der Waals surface area contributed by atoms with Crippen molar-refractivity contribution in [2.45, 2.75) is 68.2 Å². The third kappa shape index (κ3) is 6.79. The van der Waals surface area contributed by atoms with Gasteiger partial charge in [-0.1, -0.05) is 11.2 Å². The van der Waals surface area contributed by atoms with Crippen LogP contribution in [0.25, 0.3) is 0 Å². The number of nitrogens with zero attached hydrogens (tertiary/aromatic N) is 2. The third-order valence-corrected chi connectivity index (χ3v) is 10.5. The molecule has 43 heavy (non-hydrogen) atoms. The van der Waals surface area contributed by atoms with Crippen LogP contribution >= 0.6 is 0 Å². The van der Waals surface area contributed by atoms with E-state index < -0.39 is 61.7 Å². The molecule has 3 aromatic rings. The summed E-state index contributed by atoms with van der Waals surface area (Å²) in [6, 6.07) is 7.96. The first-order chi connectivity index (χ1) is 19.8. The van der Waals surface area contributed by atoms with Gasteiger partial charge in [-0.25, -0.2) is 21.2 Å². The maximum Gasteiger partial charge on any atom is 0.427 e. The van der Waals surface area contributed by atoms with E-state index in [0.29, 0.717) is 13.8 Å². The Bertz CT molecular complexity index is 1720. The summed E-state index contributed by atoms with van der Waals surface area (Å²) < 4.78 is 123. The van der Waals surface area contributed by atoms with Crippen LogP contribution in [0.3, 0.4) is 0 Å². The van der Waals surface area contributed by atoms with Crippen molar-refractivity contribution >= 4 is 31.5 Å². The molecule has 2 heterocycles. The van der Waals surface area contributed by atoms with Crippen molar-refractivity contribution in [2.24, 2.45) is 0 Å². The van der Waals surface area contributed by atoms with Crippen LogP contribution in [0.2, 0.25) is 0 Å². The molecular formula is C27H28F4N2O8S2. The molecule has 1 aliphatic rings. The Labute approximate surface area is 245 Å². The Morgan fingerprint density at radius 1 is 1.07 bits per heavy atom. The van der Waals surface area contributed by atoms with Gasteiger partial charge in [0.05, 0.1) is 35.0 Å². The van der Waals surface area contributed by atoms with Crippen molar-refractivity contribution in [3.8, 4) is 5.75 Å². The number of benzene rings is 2. The molecule has 2 aromatic carbocycles. The summed E-state index contributed by atoms with van der Waals surface area (Å²) in [7, 11) is -8.27. The molecule has 0 spiro atoms. The van der Waals surface area contributed by atoms with Crippen molar-refractivity contribution in [1.82, 2.24) is 5.16 Å². The molecule has 0 saturated heterocycles. The van der Waals surface area contributed by atoms with Crippen molar-refractivity contribution in [1.29, 1.82) is 0 Å². The van der Waals surface area contributed by atoms with Crippen LogP contribution in [0.15, 0.2) is 56.8 Å². The lowest BCUT2D eigenvalue weighted by Gasteiger charge is -2.36. The average Bonchev–Trinajstić information content (AvgIpc) is 3.24. The number of sulfone groups is 1. The van der Waals surface area contributed by atoms with E-state index in [9.17, 15) is 39.2 Å². The number of ether oxygens (including phenoxy) is 2. The summed E-state index contributed by atoms with van der Waals surface area (Å²) in [6.07, 6.45) is -6.53. The number of anilines is 1. The van der Waals surface area contributed by atoms with Gasteiger partial charge < -0.3 is 14.0 Å². The molecule has 234 valence electrons. The van der Waals surface area contributed by atoms with Crippen molar-refractivity contribution in [3.63, 3.8) is 0 Å². The van der Waals surface area contributed by atoms with E-state index in [0.717, 1.165) is 28.6 Å². The van der Waals surface area contributed by atoms with Crippen molar-refractivity contribution < 1.29 is 53.2 Å². The zero-order chi connectivity index (χ0) is 32.0. The van der Waals surface area contributed by atoms with Crippen molar-refractivity contribution in [2.75, 3.05) is 16.6 Å². The monoisotopic (exact) mass is 648 g/mol. The van der Waals surface area contributed by atoms with Crippen LogP contribution in [0, 0.1) is 19.7 Å². The van der Waals surface area contributed by atoms with Gasteiger partial charge in [0.1, 0.15) is 22.6 Å². The summed E-state index contributed by atoms with van der Waals surface area (Å²) in [6.45, 7) is 3.97. The average molecular weight is 649 g/mol. The van der Waals surface area contributed by atoms with Crippen molar-refractivity contribution in [3.05, 3.63) is 65.3 Å². The number of aromatic nitrogens is 1. The van der Waals surface area contributed by atoms with Gasteiger partial charge in [-0.05, 0) is 69.7 Å². The van der Waals surface area contributed by atoms with Gasteiger partial charge in [-0.3, -0.25) is 9.10 Å². The lowest BCUT2D eigenvalue weighted by molar-refractivity contribution is -0.257. The Balaban J connectivity index is 1.65. The largest absolute Gasteiger partial charge is 0.486 e. The van der Waals surface area contributed by atoms with Crippen LogP contribution in [-0.2, 0) is 35.8 Å². The Kier molecular flexibility index (Phi) is 8.59. The summed E-state index contributed by atoms with van der Waals surface area (Å²) in [5, 5.41) is 3.66. The normalized spacial score (nSPS) is 16.0. The molecule has 0 N–H and O–H groups in total. The van der Waals surface area contributed by atoms with E-state index >= 15 is 0 Å². The Morgan fingerprint density at radius 2 is 1.72 bits per heavy atom. The standard InChI is InChI=1S/C27H28F4N2O8S2/c1-16-25(17(2)41-32-16)42(35,36)12-11-20-15-33(43(37,38)21-8-6-19(28)7-9-21)22-13-18(5-10-23(22)39-20)14-24(34)40-26(3,4)27(29,30)31/h5-10,13,20H,11-12,14-15H2,1-4H3/t20-/m0/s1. The molecule has 0 amide bonds. The molecule has 0 unspecified atom stereocenters. The highest BCUT2D eigenvalue weighted by Gasteiger charge is 2.50. The maximum atomic E-state index is 13.7. The SMILES string of the molecule is Cc1noc(C)c1S(=O)(=O)CC[C@H]1CN(S(=O)(=O)c2ccc(F)cc2)c2cc(CC(=O)OC(C)(C)C(F)(F)F)ccc2O1. The van der Waals surface area contributed by atoms with Gasteiger partial charge in [0.25, 0.3) is 10.0 Å². The second-order valence-corrected chi connectivity index (χ2v) is 14.4. The van der Waals surface area contributed by atoms with Crippen LogP contribution in [0.5, 0.6) is 5.75 Å². The molecule has 16 heteroatoms. The minimum Gasteiger partial charge on any atom is -0.486 e. The highest BCUT2D eigenvalue weighted by atomic mass is 32.2. The number of halogens is 4. The molecule has 0 aliphatic carbocycles. The van der Waals surface area contributed by atoms with E-state index in [1.807, 2.05) is 0 Å². The number of hydrogen-bond acceptors (Lipinski definition) is 9. The smallest absolute Gasteiger partial charge is 0.427 e. The molecule has 1 aromatic heterocycles. The van der Waals surface area contributed by atoms with Gasteiger partial charge in [0, 0.05) is 6.42 Å². The topological polar surface area (TPSA) is 133 Å². The Morgan fingerprint density at radius 3 is 2.30 bits per heavy atom. The van der Waals surface area contributed by atoms with Crippen LogP contribution < -0.4 is 9.04 Å². The first-order valence-corrected chi connectivity index (χ1v) is 15.9. The quantitative estimate of drug-likeness (QED) is 0.240. The molecule has 10 nitrogen and oxygen atoms in total. The molecule has 0 radical (unpaired) electrons. The van der Waals surface area contributed by atoms with Crippen LogP contribution in [-0.4, -0.2) is 58.1 Å². The number of rotatable bonds is 9. The highest BCUT2D eigenvalue weighted by molar-refractivity contribution is 7.93. The number of alkyl halides is 3. The molecular weight excluding hydrogens is 620 g/mol. The number of carbonyl (C=O) groups excluding carboxylic acids is 1. The fraction of sp³-hybridized carbons (Fsp3) is 0.407. The number of esters is 1. The van der Waals surface area contributed by atoms with Crippen LogP contribution in [0.1, 0.15) is 37.3 Å². The number of carbonyl (C=O) groups is 1. The summed E-state index contributed by atoms with van der Waals surface area (Å²) >= 11 is 0. The number of aryl methyl sites for hydroxylation is 2. The first-order valence-electron chi connectivity index (χ1n) is 12.8. The fourth-order valence-electron chi connectivity index (χ4n) is 4.43. The fourth-order valence-corrected chi connectivity index (χ4v) is 7.67. The maximum absolute atomic E-state index is 13.7. The predicted octanol–water partition coefficient (Wildman–Crippen LogP) is 4.68. The number of hydrogen-bond donors (Lipinski definition) is 0. The number of fused-ring (bicyclic) bond motifs is 1. The Hall–Kier alpha value is -3.66. The zero-order valence-corrected chi connectivity index (χ0v) is 25.1. The molecule has 1 atom stereocenters. The molecule has 0 fully saturated rings. The summed E-state index contributed by atoms with van der Waals surface area (Å²) in [5.41, 5.74) is -2.49. The predicted molar refractivity (Wildman–Crippen MR) is 144 cm³/mol. The second-order valence-electron chi connectivity index (χ2n) is 10.5. The summed E-state index contributed by atoms with van der Waals surface area (Å²) in [5.74, 6) is -2.18. The van der Waals surface area contributed by atoms with Crippen LogP contribution in [0.4, 0.5) is 23.2 Å². The van der Waals surface area contributed by atoms with E-state index in [1.54, 1.807) is 0 Å². The van der Waals surface area contributed by atoms with E-state index in [-0.39, 0.29) is 51.2 Å². The molecule has 4 rings (SSSR count). The highest BCUT2D eigenvalue weighted by Crippen LogP contribution is 2.39. The van der Waals surface area contributed by atoms with E-state index in [2.05, 4.69) is 9.89 Å². The van der Waals surface area contributed by atoms with Gasteiger partial charge in [0.15, 0.2) is 15.6 Å².